The van der Waals surface area contributed by atoms with E-state index in [9.17, 15) is 4.79 Å². The minimum Gasteiger partial charge on any atom is -0.395 e. The van der Waals surface area contributed by atoms with Gasteiger partial charge in [0.05, 0.1) is 6.61 Å². The molecule has 1 N–H and O–H groups in total. The normalized spacial score (nSPS) is 15.3. The fourth-order valence-corrected chi connectivity index (χ4v) is 2.38. The van der Waals surface area contributed by atoms with Crippen LogP contribution in [0.3, 0.4) is 0 Å². The molecule has 1 amide bonds. The summed E-state index contributed by atoms with van der Waals surface area (Å²) in [4.78, 5) is 14.4. The van der Waals surface area contributed by atoms with E-state index in [1.54, 1.807) is 0 Å². The van der Waals surface area contributed by atoms with Gasteiger partial charge in [-0.15, -0.1) is 0 Å². The van der Waals surface area contributed by atoms with Gasteiger partial charge in [-0.25, -0.2) is 0 Å². The first-order valence-corrected chi connectivity index (χ1v) is 6.62. The Morgan fingerprint density at radius 1 is 1.39 bits per heavy atom. The van der Waals surface area contributed by atoms with Crippen LogP contribution in [0.5, 0.6) is 0 Å². The van der Waals surface area contributed by atoms with Crippen LogP contribution in [0.25, 0.3) is 0 Å². The standard InChI is InChI=1S/C15H21NO2/c1-11-6-7-12(2)14(10-11)15(18)16(8-9-17)13-4-3-5-13/h6-7,10,13,17H,3-5,8-9H2,1-2H3. The number of carbonyl (C=O) groups is 1. The van der Waals surface area contributed by atoms with Crippen molar-refractivity contribution < 1.29 is 9.90 Å². The molecule has 1 aliphatic rings. The molecule has 0 bridgehead atoms. The molecular formula is C15H21NO2. The van der Waals surface area contributed by atoms with Crippen LogP contribution < -0.4 is 0 Å². The Labute approximate surface area is 108 Å². The Bertz CT molecular complexity index is 438. The lowest BCUT2D eigenvalue weighted by Crippen LogP contribution is -2.45. The van der Waals surface area contributed by atoms with Crippen molar-refractivity contribution in [3.8, 4) is 0 Å². The van der Waals surface area contributed by atoms with Crippen LogP contribution in [0.1, 0.15) is 40.7 Å². The zero-order valence-electron chi connectivity index (χ0n) is 11.1. The number of amides is 1. The highest BCUT2D eigenvalue weighted by Gasteiger charge is 2.29. The Hall–Kier alpha value is -1.35. The minimum atomic E-state index is 0.0348. The second-order valence-electron chi connectivity index (χ2n) is 5.13. The van der Waals surface area contributed by atoms with Gasteiger partial charge in [0.1, 0.15) is 0 Å². The van der Waals surface area contributed by atoms with Crippen molar-refractivity contribution >= 4 is 5.91 Å². The van der Waals surface area contributed by atoms with E-state index in [4.69, 9.17) is 5.11 Å². The van der Waals surface area contributed by atoms with E-state index < -0.39 is 0 Å². The van der Waals surface area contributed by atoms with Crippen molar-refractivity contribution in [3.63, 3.8) is 0 Å². The molecule has 1 saturated carbocycles. The predicted molar refractivity (Wildman–Crippen MR) is 71.7 cm³/mol. The lowest BCUT2D eigenvalue weighted by Gasteiger charge is -2.37. The number of carbonyl (C=O) groups excluding carboxylic acids is 1. The quantitative estimate of drug-likeness (QED) is 0.886. The molecule has 0 spiro atoms. The summed E-state index contributed by atoms with van der Waals surface area (Å²) in [6.07, 6.45) is 3.32. The molecule has 3 heteroatoms. The van der Waals surface area contributed by atoms with Crippen molar-refractivity contribution in [1.29, 1.82) is 0 Å². The second-order valence-corrected chi connectivity index (χ2v) is 5.13. The molecule has 0 heterocycles. The summed E-state index contributed by atoms with van der Waals surface area (Å²) in [6, 6.07) is 6.28. The van der Waals surface area contributed by atoms with Gasteiger partial charge in [0.15, 0.2) is 0 Å². The van der Waals surface area contributed by atoms with E-state index in [1.165, 1.54) is 6.42 Å². The first-order valence-electron chi connectivity index (χ1n) is 6.62. The van der Waals surface area contributed by atoms with Crippen molar-refractivity contribution in [2.24, 2.45) is 0 Å². The van der Waals surface area contributed by atoms with Crippen LogP contribution in [0.2, 0.25) is 0 Å². The molecule has 1 aromatic rings. The summed E-state index contributed by atoms with van der Waals surface area (Å²) >= 11 is 0. The van der Waals surface area contributed by atoms with Crippen molar-refractivity contribution in [2.75, 3.05) is 13.2 Å². The van der Waals surface area contributed by atoms with Crippen LogP contribution in [-0.2, 0) is 0 Å². The average molecular weight is 247 g/mol. The topological polar surface area (TPSA) is 40.5 Å². The first kappa shape index (κ1) is 13.1. The Morgan fingerprint density at radius 3 is 2.67 bits per heavy atom. The molecular weight excluding hydrogens is 226 g/mol. The average Bonchev–Trinajstić information content (AvgIpc) is 2.28. The zero-order chi connectivity index (χ0) is 13.1. The first-order chi connectivity index (χ1) is 8.63. The van der Waals surface area contributed by atoms with Gasteiger partial charge in [-0.1, -0.05) is 17.7 Å². The zero-order valence-corrected chi connectivity index (χ0v) is 11.1. The molecule has 0 saturated heterocycles. The monoisotopic (exact) mass is 247 g/mol. The predicted octanol–water partition coefficient (Wildman–Crippen LogP) is 2.29. The van der Waals surface area contributed by atoms with Crippen LogP contribution in [0.4, 0.5) is 0 Å². The van der Waals surface area contributed by atoms with Crippen molar-refractivity contribution in [3.05, 3.63) is 34.9 Å². The van der Waals surface area contributed by atoms with Crippen LogP contribution in [0.15, 0.2) is 18.2 Å². The van der Waals surface area contributed by atoms with E-state index in [2.05, 4.69) is 0 Å². The molecule has 18 heavy (non-hydrogen) atoms. The van der Waals surface area contributed by atoms with Gasteiger partial charge in [0.2, 0.25) is 0 Å². The van der Waals surface area contributed by atoms with Crippen molar-refractivity contribution in [1.82, 2.24) is 4.90 Å². The van der Waals surface area contributed by atoms with Gasteiger partial charge < -0.3 is 10.0 Å². The summed E-state index contributed by atoms with van der Waals surface area (Å²) in [5.74, 6) is 0.0648. The van der Waals surface area contributed by atoms with Gasteiger partial charge in [0.25, 0.3) is 5.91 Å². The number of rotatable bonds is 4. The fraction of sp³-hybridized carbons (Fsp3) is 0.533. The number of nitrogens with zero attached hydrogens (tertiary/aromatic N) is 1. The molecule has 98 valence electrons. The number of aliphatic hydroxyl groups excluding tert-OH is 1. The summed E-state index contributed by atoms with van der Waals surface area (Å²) in [6.45, 7) is 4.44. The maximum absolute atomic E-state index is 12.6. The Kier molecular flexibility index (Phi) is 4.02. The van der Waals surface area contributed by atoms with E-state index in [1.807, 2.05) is 36.9 Å². The van der Waals surface area contributed by atoms with Crippen molar-refractivity contribution in [2.45, 2.75) is 39.2 Å². The molecule has 1 aliphatic carbocycles. The largest absolute Gasteiger partial charge is 0.395 e. The molecule has 0 aromatic heterocycles. The Balaban J connectivity index is 2.23. The second kappa shape index (κ2) is 5.53. The number of aryl methyl sites for hydroxylation is 2. The van der Waals surface area contributed by atoms with Crippen LogP contribution >= 0.6 is 0 Å². The number of hydrogen-bond donors (Lipinski definition) is 1. The van der Waals surface area contributed by atoms with Crippen LogP contribution in [0, 0.1) is 13.8 Å². The third kappa shape index (κ3) is 2.56. The molecule has 3 nitrogen and oxygen atoms in total. The molecule has 2 rings (SSSR count). The minimum absolute atomic E-state index is 0.0348. The molecule has 0 unspecified atom stereocenters. The van der Waals surface area contributed by atoms with E-state index in [-0.39, 0.29) is 12.5 Å². The highest BCUT2D eigenvalue weighted by atomic mass is 16.3. The van der Waals surface area contributed by atoms with Gasteiger partial charge in [0, 0.05) is 18.2 Å². The third-order valence-corrected chi connectivity index (χ3v) is 3.74. The van der Waals surface area contributed by atoms with E-state index >= 15 is 0 Å². The summed E-state index contributed by atoms with van der Waals surface area (Å²) < 4.78 is 0. The van der Waals surface area contributed by atoms with Gasteiger partial charge in [-0.3, -0.25) is 4.79 Å². The van der Waals surface area contributed by atoms with Gasteiger partial charge >= 0.3 is 0 Å². The Morgan fingerprint density at radius 2 is 2.11 bits per heavy atom. The lowest BCUT2D eigenvalue weighted by atomic mass is 9.90. The summed E-state index contributed by atoms with van der Waals surface area (Å²) in [5.41, 5.74) is 2.88. The summed E-state index contributed by atoms with van der Waals surface area (Å²) in [5, 5.41) is 9.13. The number of hydrogen-bond acceptors (Lipinski definition) is 2. The molecule has 0 atom stereocenters. The molecule has 0 radical (unpaired) electrons. The van der Waals surface area contributed by atoms with E-state index in [0.717, 1.165) is 29.5 Å². The smallest absolute Gasteiger partial charge is 0.254 e. The highest BCUT2D eigenvalue weighted by Crippen LogP contribution is 2.26. The summed E-state index contributed by atoms with van der Waals surface area (Å²) in [7, 11) is 0. The highest BCUT2D eigenvalue weighted by molar-refractivity contribution is 5.96. The number of benzene rings is 1. The fourth-order valence-electron chi connectivity index (χ4n) is 2.38. The van der Waals surface area contributed by atoms with Gasteiger partial charge in [-0.05, 0) is 44.7 Å². The van der Waals surface area contributed by atoms with E-state index in [0.29, 0.717) is 12.6 Å². The van der Waals surface area contributed by atoms with Crippen LogP contribution in [-0.4, -0.2) is 35.1 Å². The molecule has 1 aromatic carbocycles. The number of aliphatic hydroxyl groups is 1. The lowest BCUT2D eigenvalue weighted by molar-refractivity contribution is 0.0525. The SMILES string of the molecule is Cc1ccc(C)c(C(=O)N(CCO)C2CCC2)c1. The molecule has 1 fully saturated rings. The maximum atomic E-state index is 12.6. The third-order valence-electron chi connectivity index (χ3n) is 3.74. The maximum Gasteiger partial charge on any atom is 0.254 e. The van der Waals surface area contributed by atoms with Gasteiger partial charge in [-0.2, -0.15) is 0 Å². The molecule has 0 aliphatic heterocycles.